The Morgan fingerprint density at radius 2 is 1.76 bits per heavy atom. The molecule has 0 aliphatic carbocycles. The van der Waals surface area contributed by atoms with E-state index in [-0.39, 0.29) is 5.56 Å². The Morgan fingerprint density at radius 3 is 2.48 bits per heavy atom. The zero-order valence-corrected chi connectivity index (χ0v) is 16.4. The number of rotatable bonds is 4. The van der Waals surface area contributed by atoms with Crippen LogP contribution in [-0.2, 0) is 6.42 Å². The molecular formula is C24H22FNO3. The van der Waals surface area contributed by atoms with Crippen molar-refractivity contribution < 1.29 is 18.7 Å². The molecule has 1 aliphatic heterocycles. The summed E-state index contributed by atoms with van der Waals surface area (Å²) in [5.74, 6) is 0.515. The topological polar surface area (TPSA) is 47.6 Å². The number of carbonyl (C=O) groups excluding carboxylic acids is 1. The normalized spacial score (nSPS) is 12.5. The predicted octanol–water partition coefficient (Wildman–Crippen LogP) is 5.39. The number of benzene rings is 3. The van der Waals surface area contributed by atoms with Crippen molar-refractivity contribution in [3.8, 4) is 22.6 Å². The summed E-state index contributed by atoms with van der Waals surface area (Å²) < 4.78 is 25.3. The molecule has 1 amide bonds. The van der Waals surface area contributed by atoms with Crippen molar-refractivity contribution in [1.29, 1.82) is 0 Å². The summed E-state index contributed by atoms with van der Waals surface area (Å²) in [6.07, 6.45) is 0.727. The minimum atomic E-state index is -0.536. The minimum absolute atomic E-state index is 0.0290. The van der Waals surface area contributed by atoms with Crippen molar-refractivity contribution in [2.75, 3.05) is 18.5 Å². The Morgan fingerprint density at radius 1 is 1.03 bits per heavy atom. The molecule has 0 radical (unpaired) electrons. The van der Waals surface area contributed by atoms with Crippen LogP contribution in [0.25, 0.3) is 11.1 Å². The van der Waals surface area contributed by atoms with Crippen LogP contribution in [0.2, 0.25) is 0 Å². The van der Waals surface area contributed by atoms with Crippen LogP contribution < -0.4 is 14.8 Å². The summed E-state index contributed by atoms with van der Waals surface area (Å²) in [6, 6.07) is 15.8. The Labute approximate surface area is 169 Å². The third-order valence-electron chi connectivity index (χ3n) is 5.05. The fraction of sp³-hybridized carbons (Fsp3) is 0.208. The number of aryl methyl sites for hydroxylation is 2. The number of amides is 1. The van der Waals surface area contributed by atoms with E-state index in [9.17, 15) is 9.18 Å². The fourth-order valence-electron chi connectivity index (χ4n) is 3.51. The number of anilines is 1. The highest BCUT2D eigenvalue weighted by atomic mass is 19.1. The van der Waals surface area contributed by atoms with E-state index in [2.05, 4.69) is 11.4 Å². The Bertz CT molecular complexity index is 1080. The Kier molecular flexibility index (Phi) is 5.21. The monoisotopic (exact) mass is 391 g/mol. The van der Waals surface area contributed by atoms with Gasteiger partial charge in [-0.1, -0.05) is 25.1 Å². The van der Waals surface area contributed by atoms with Crippen molar-refractivity contribution in [2.45, 2.75) is 20.3 Å². The largest absolute Gasteiger partial charge is 0.486 e. The number of hydrogen-bond donors (Lipinski definition) is 1. The molecule has 1 aliphatic rings. The molecule has 4 rings (SSSR count). The van der Waals surface area contributed by atoms with Gasteiger partial charge in [-0.3, -0.25) is 4.79 Å². The third-order valence-corrected chi connectivity index (χ3v) is 5.05. The molecule has 0 fully saturated rings. The highest BCUT2D eigenvalue weighted by Crippen LogP contribution is 2.38. The van der Waals surface area contributed by atoms with Crippen molar-refractivity contribution >= 4 is 11.6 Å². The second kappa shape index (κ2) is 7.95. The molecule has 0 aromatic heterocycles. The molecular weight excluding hydrogens is 369 g/mol. The standard InChI is InChI=1S/C24H22FNO3/c1-3-16-13-17(19-14-23-22(12-15(19)2)28-10-11-29-23)8-9-21(16)26-24(27)18-6-4-5-7-20(18)25/h4-9,12-14H,3,10-11H2,1-2H3,(H,26,27). The number of carbonyl (C=O) groups is 1. The predicted molar refractivity (Wildman–Crippen MR) is 111 cm³/mol. The average Bonchev–Trinajstić information content (AvgIpc) is 2.74. The van der Waals surface area contributed by atoms with E-state index in [1.807, 2.05) is 38.1 Å². The van der Waals surface area contributed by atoms with Gasteiger partial charge in [-0.05, 0) is 72.0 Å². The summed E-state index contributed by atoms with van der Waals surface area (Å²) in [5.41, 5.74) is 4.85. The fourth-order valence-corrected chi connectivity index (χ4v) is 3.51. The molecule has 4 nitrogen and oxygen atoms in total. The van der Waals surface area contributed by atoms with Gasteiger partial charge in [-0.2, -0.15) is 0 Å². The lowest BCUT2D eigenvalue weighted by atomic mass is 9.96. The van der Waals surface area contributed by atoms with E-state index in [4.69, 9.17) is 9.47 Å². The summed E-state index contributed by atoms with van der Waals surface area (Å²) in [7, 11) is 0. The first kappa shape index (κ1) is 19.0. The molecule has 5 heteroatoms. The van der Waals surface area contributed by atoms with Crippen LogP contribution in [0.5, 0.6) is 11.5 Å². The van der Waals surface area contributed by atoms with Gasteiger partial charge in [-0.25, -0.2) is 4.39 Å². The van der Waals surface area contributed by atoms with E-state index in [0.717, 1.165) is 40.2 Å². The van der Waals surface area contributed by atoms with Crippen molar-refractivity contribution in [1.82, 2.24) is 0 Å². The van der Waals surface area contributed by atoms with Gasteiger partial charge < -0.3 is 14.8 Å². The van der Waals surface area contributed by atoms with E-state index in [1.54, 1.807) is 12.1 Å². The number of fused-ring (bicyclic) bond motifs is 1. The van der Waals surface area contributed by atoms with Gasteiger partial charge in [0.05, 0.1) is 5.56 Å². The molecule has 0 saturated carbocycles. The zero-order valence-electron chi connectivity index (χ0n) is 16.4. The molecule has 3 aromatic rings. The maximum Gasteiger partial charge on any atom is 0.258 e. The van der Waals surface area contributed by atoms with Gasteiger partial charge in [0.15, 0.2) is 11.5 Å². The smallest absolute Gasteiger partial charge is 0.258 e. The average molecular weight is 391 g/mol. The van der Waals surface area contributed by atoms with Gasteiger partial charge in [0.1, 0.15) is 19.0 Å². The van der Waals surface area contributed by atoms with E-state index in [0.29, 0.717) is 18.9 Å². The second-order valence-corrected chi connectivity index (χ2v) is 6.97. The second-order valence-electron chi connectivity index (χ2n) is 6.97. The van der Waals surface area contributed by atoms with Crippen LogP contribution in [0.1, 0.15) is 28.4 Å². The first-order valence-electron chi connectivity index (χ1n) is 9.66. The molecule has 3 aromatic carbocycles. The minimum Gasteiger partial charge on any atom is -0.486 e. The first-order valence-corrected chi connectivity index (χ1v) is 9.66. The highest BCUT2D eigenvalue weighted by Gasteiger charge is 2.17. The van der Waals surface area contributed by atoms with Gasteiger partial charge >= 0.3 is 0 Å². The lowest BCUT2D eigenvalue weighted by molar-refractivity contribution is 0.102. The molecule has 29 heavy (non-hydrogen) atoms. The van der Waals surface area contributed by atoms with Gasteiger partial charge in [-0.15, -0.1) is 0 Å². The van der Waals surface area contributed by atoms with Crippen LogP contribution in [-0.4, -0.2) is 19.1 Å². The molecule has 0 bridgehead atoms. The third kappa shape index (κ3) is 3.81. The zero-order chi connectivity index (χ0) is 20.4. The van der Waals surface area contributed by atoms with Crippen molar-refractivity contribution in [3.05, 3.63) is 77.1 Å². The lowest BCUT2D eigenvalue weighted by Gasteiger charge is -2.21. The van der Waals surface area contributed by atoms with Crippen LogP contribution in [0.4, 0.5) is 10.1 Å². The Hall–Kier alpha value is -3.34. The summed E-state index contributed by atoms with van der Waals surface area (Å²) >= 11 is 0. The maximum atomic E-state index is 13.9. The molecule has 148 valence electrons. The molecule has 0 atom stereocenters. The molecule has 0 spiro atoms. The summed E-state index contributed by atoms with van der Waals surface area (Å²) in [5, 5.41) is 2.84. The Balaban J connectivity index is 1.65. The molecule has 1 N–H and O–H groups in total. The number of halogens is 1. The number of hydrogen-bond acceptors (Lipinski definition) is 3. The molecule has 0 unspecified atom stereocenters. The van der Waals surface area contributed by atoms with Crippen LogP contribution in [0.15, 0.2) is 54.6 Å². The van der Waals surface area contributed by atoms with E-state index < -0.39 is 11.7 Å². The molecule has 0 saturated heterocycles. The maximum absolute atomic E-state index is 13.9. The van der Waals surface area contributed by atoms with Crippen LogP contribution in [0.3, 0.4) is 0 Å². The first-order chi connectivity index (χ1) is 14.1. The van der Waals surface area contributed by atoms with Crippen molar-refractivity contribution in [2.24, 2.45) is 0 Å². The van der Waals surface area contributed by atoms with Gasteiger partial charge in [0.2, 0.25) is 0 Å². The quantitative estimate of drug-likeness (QED) is 0.649. The number of nitrogens with one attached hydrogen (secondary N) is 1. The SMILES string of the molecule is CCc1cc(-c2cc3c(cc2C)OCCO3)ccc1NC(=O)c1ccccc1F. The van der Waals surface area contributed by atoms with Crippen LogP contribution in [0, 0.1) is 12.7 Å². The number of ether oxygens (including phenoxy) is 2. The van der Waals surface area contributed by atoms with E-state index >= 15 is 0 Å². The van der Waals surface area contributed by atoms with Gasteiger partial charge in [0, 0.05) is 5.69 Å². The van der Waals surface area contributed by atoms with Crippen molar-refractivity contribution in [3.63, 3.8) is 0 Å². The summed E-state index contributed by atoms with van der Waals surface area (Å²) in [4.78, 5) is 12.5. The molecule has 1 heterocycles. The summed E-state index contributed by atoms with van der Waals surface area (Å²) in [6.45, 7) is 5.15. The van der Waals surface area contributed by atoms with Crippen LogP contribution >= 0.6 is 0 Å². The lowest BCUT2D eigenvalue weighted by Crippen LogP contribution is -2.15. The van der Waals surface area contributed by atoms with Gasteiger partial charge in [0.25, 0.3) is 5.91 Å². The van der Waals surface area contributed by atoms with E-state index in [1.165, 1.54) is 12.1 Å². The highest BCUT2D eigenvalue weighted by molar-refractivity contribution is 6.05.